The minimum atomic E-state index is -0.121. The van der Waals surface area contributed by atoms with Crippen LogP contribution in [-0.2, 0) is 14.3 Å². The Kier molecular flexibility index (Phi) is 6.38. The van der Waals surface area contributed by atoms with Crippen molar-refractivity contribution in [3.63, 3.8) is 0 Å². The summed E-state index contributed by atoms with van der Waals surface area (Å²) in [4.78, 5) is 11.9. The van der Waals surface area contributed by atoms with Crippen LogP contribution >= 0.6 is 0 Å². The molecule has 0 amide bonds. The topological polar surface area (TPSA) is 35.5 Å². The molecule has 0 aromatic heterocycles. The first-order valence-corrected chi connectivity index (χ1v) is 15.1. The molecule has 0 radical (unpaired) electrons. The zero-order valence-corrected chi connectivity index (χ0v) is 24.8. The fraction of sp³-hybridized carbons (Fsp3) is 0.909. The van der Waals surface area contributed by atoms with Crippen molar-refractivity contribution in [3.05, 3.63) is 11.6 Å². The van der Waals surface area contributed by atoms with Crippen molar-refractivity contribution in [1.29, 1.82) is 0 Å². The van der Waals surface area contributed by atoms with Gasteiger partial charge in [0.15, 0.2) is 0 Å². The molecule has 3 heteroatoms. The van der Waals surface area contributed by atoms with Gasteiger partial charge in [0.05, 0.1) is 6.10 Å². The van der Waals surface area contributed by atoms with Crippen LogP contribution < -0.4 is 0 Å². The molecule has 0 unspecified atom stereocenters. The molecule has 0 saturated heterocycles. The van der Waals surface area contributed by atoms with Crippen LogP contribution in [0.4, 0.5) is 0 Å². The number of methoxy groups -OCH3 is 1. The monoisotopic (exact) mass is 498 g/mol. The standard InChI is InChI=1S/C33H54O3/c1-21(34)36-28-16-18-32(7)23-11-13-26-31(6,20-22(23)10-12-24(32)30(28,4)5)17-14-25-29(2,3)27(35-9)15-19-33(25,26)8/h10,23-28H,11-20H2,1-9H3/t23-,24-,25-,26-,27-,28+,31-,32+,33-/m0/s1. The zero-order valence-electron chi connectivity index (χ0n) is 24.8. The fourth-order valence-electron chi connectivity index (χ4n) is 11.7. The van der Waals surface area contributed by atoms with Gasteiger partial charge in [0.1, 0.15) is 6.10 Å². The highest BCUT2D eigenvalue weighted by Crippen LogP contribution is 2.70. The number of allylic oxidation sites excluding steroid dienone is 2. The van der Waals surface area contributed by atoms with E-state index < -0.39 is 0 Å². The van der Waals surface area contributed by atoms with Gasteiger partial charge in [0, 0.05) is 19.4 Å². The van der Waals surface area contributed by atoms with Gasteiger partial charge in [0.2, 0.25) is 0 Å². The molecule has 4 fully saturated rings. The smallest absolute Gasteiger partial charge is 0.302 e. The van der Waals surface area contributed by atoms with Crippen molar-refractivity contribution in [2.75, 3.05) is 7.11 Å². The van der Waals surface area contributed by atoms with Gasteiger partial charge in [-0.05, 0) is 110 Å². The lowest BCUT2D eigenvalue weighted by Gasteiger charge is -2.64. The van der Waals surface area contributed by atoms with Gasteiger partial charge in [-0.2, -0.15) is 0 Å². The predicted octanol–water partition coefficient (Wildman–Crippen LogP) is 8.36. The summed E-state index contributed by atoms with van der Waals surface area (Å²) < 4.78 is 11.9. The first-order chi connectivity index (χ1) is 16.7. The van der Waals surface area contributed by atoms with Crippen molar-refractivity contribution < 1.29 is 14.3 Å². The summed E-state index contributed by atoms with van der Waals surface area (Å²) in [6, 6.07) is 0. The molecule has 0 bridgehead atoms. The highest BCUT2D eigenvalue weighted by molar-refractivity contribution is 5.66. The van der Waals surface area contributed by atoms with Crippen molar-refractivity contribution in [2.45, 2.75) is 132 Å². The number of ether oxygens (including phenoxy) is 2. The molecule has 0 aliphatic heterocycles. The molecule has 9 atom stereocenters. The maximum absolute atomic E-state index is 11.9. The third kappa shape index (κ3) is 3.71. The summed E-state index contributed by atoms with van der Waals surface area (Å²) >= 11 is 0. The number of esters is 1. The van der Waals surface area contributed by atoms with Gasteiger partial charge in [-0.15, -0.1) is 0 Å². The van der Waals surface area contributed by atoms with E-state index in [4.69, 9.17) is 9.47 Å². The van der Waals surface area contributed by atoms with E-state index in [1.165, 1.54) is 51.4 Å². The van der Waals surface area contributed by atoms with Crippen LogP contribution in [0.3, 0.4) is 0 Å². The highest BCUT2D eigenvalue weighted by atomic mass is 16.5. The second-order valence-corrected chi connectivity index (χ2v) is 15.7. The van der Waals surface area contributed by atoms with E-state index >= 15 is 0 Å². The van der Waals surface area contributed by atoms with E-state index in [2.05, 4.69) is 54.5 Å². The van der Waals surface area contributed by atoms with Gasteiger partial charge in [-0.25, -0.2) is 0 Å². The molecule has 36 heavy (non-hydrogen) atoms. The largest absolute Gasteiger partial charge is 0.462 e. The summed E-state index contributed by atoms with van der Waals surface area (Å²) in [6.45, 7) is 19.3. The summed E-state index contributed by atoms with van der Waals surface area (Å²) in [5, 5.41) is 0. The van der Waals surface area contributed by atoms with Crippen molar-refractivity contribution in [1.82, 2.24) is 0 Å². The molecular weight excluding hydrogens is 444 g/mol. The molecule has 0 aromatic rings. The van der Waals surface area contributed by atoms with Gasteiger partial charge >= 0.3 is 5.97 Å². The van der Waals surface area contributed by atoms with E-state index in [0.29, 0.717) is 34.2 Å². The number of fused-ring (bicyclic) bond motifs is 6. The third-order valence-electron chi connectivity index (χ3n) is 13.4. The summed E-state index contributed by atoms with van der Waals surface area (Å²) in [5.74, 6) is 2.67. The molecule has 0 aromatic carbocycles. The van der Waals surface area contributed by atoms with Crippen LogP contribution in [0.15, 0.2) is 11.6 Å². The number of carbonyl (C=O) groups is 1. The average molecular weight is 499 g/mol. The van der Waals surface area contributed by atoms with Gasteiger partial charge in [0.25, 0.3) is 0 Å². The predicted molar refractivity (Wildman–Crippen MR) is 146 cm³/mol. The van der Waals surface area contributed by atoms with E-state index in [1.54, 1.807) is 12.5 Å². The van der Waals surface area contributed by atoms with Crippen LogP contribution in [-0.4, -0.2) is 25.3 Å². The Hall–Kier alpha value is -0.830. The summed E-state index contributed by atoms with van der Waals surface area (Å²) in [6.07, 6.45) is 15.7. The van der Waals surface area contributed by atoms with E-state index in [1.807, 2.05) is 7.11 Å². The molecule has 4 saturated carbocycles. The SMILES string of the molecule is CO[C@H]1CC[C@@]2(C)[C@@H](CC[C@@]3(C)CC4=CC[C@H]5C(C)(C)[C@H](OC(C)=O)CC[C@]5(C)[C@H]4CC[C@@H]32)C1(C)C. The number of carbonyl (C=O) groups excluding carboxylic acids is 1. The van der Waals surface area contributed by atoms with Crippen molar-refractivity contribution in [2.24, 2.45) is 50.7 Å². The first-order valence-electron chi connectivity index (χ1n) is 15.1. The van der Waals surface area contributed by atoms with E-state index in [9.17, 15) is 4.79 Å². The Morgan fingerprint density at radius 2 is 1.42 bits per heavy atom. The van der Waals surface area contributed by atoms with Crippen molar-refractivity contribution in [3.8, 4) is 0 Å². The van der Waals surface area contributed by atoms with E-state index in [-0.39, 0.29) is 22.9 Å². The second kappa shape index (κ2) is 8.59. The number of hydrogen-bond donors (Lipinski definition) is 0. The Bertz CT molecular complexity index is 916. The van der Waals surface area contributed by atoms with Crippen LogP contribution in [0.2, 0.25) is 0 Å². The van der Waals surface area contributed by atoms with Gasteiger partial charge < -0.3 is 9.47 Å². The van der Waals surface area contributed by atoms with Crippen molar-refractivity contribution >= 4 is 5.97 Å². The van der Waals surface area contributed by atoms with E-state index in [0.717, 1.165) is 24.7 Å². The molecule has 0 spiro atoms. The van der Waals surface area contributed by atoms with Crippen LogP contribution in [0.25, 0.3) is 0 Å². The highest BCUT2D eigenvalue weighted by Gasteiger charge is 2.63. The summed E-state index contributed by atoms with van der Waals surface area (Å²) in [7, 11) is 1.93. The molecule has 3 nitrogen and oxygen atoms in total. The Morgan fingerprint density at radius 3 is 2.08 bits per heavy atom. The van der Waals surface area contributed by atoms with Crippen LogP contribution in [0.1, 0.15) is 120 Å². The summed E-state index contributed by atoms with van der Waals surface area (Å²) in [5.41, 5.74) is 3.18. The molecule has 5 rings (SSSR count). The third-order valence-corrected chi connectivity index (χ3v) is 13.4. The first kappa shape index (κ1) is 26.8. The number of hydrogen-bond acceptors (Lipinski definition) is 3. The lowest BCUT2D eigenvalue weighted by molar-refractivity contribution is -0.178. The molecule has 0 N–H and O–H groups in total. The second-order valence-electron chi connectivity index (χ2n) is 15.7. The van der Waals surface area contributed by atoms with Gasteiger partial charge in [-0.3, -0.25) is 4.79 Å². The lowest BCUT2D eigenvalue weighted by Crippen LogP contribution is -2.58. The molecular formula is C33H54O3. The average Bonchev–Trinajstić information content (AvgIpc) is 2.92. The number of rotatable bonds is 2. The molecule has 204 valence electrons. The normalized spacial score (nSPS) is 49.3. The van der Waals surface area contributed by atoms with Gasteiger partial charge in [-0.1, -0.05) is 60.1 Å². The fourth-order valence-corrected chi connectivity index (χ4v) is 11.7. The Morgan fingerprint density at radius 1 is 0.778 bits per heavy atom. The maximum Gasteiger partial charge on any atom is 0.302 e. The van der Waals surface area contributed by atoms with Crippen LogP contribution in [0.5, 0.6) is 0 Å². The minimum Gasteiger partial charge on any atom is -0.462 e. The molecule has 0 heterocycles. The zero-order chi connectivity index (χ0) is 26.3. The Balaban J connectivity index is 1.46. The quantitative estimate of drug-likeness (QED) is 0.283. The minimum absolute atomic E-state index is 0.0172. The maximum atomic E-state index is 11.9. The lowest BCUT2D eigenvalue weighted by atomic mass is 9.42. The van der Waals surface area contributed by atoms with Crippen LogP contribution in [0, 0.1) is 50.7 Å². The molecule has 5 aliphatic carbocycles. The Labute approximate surface area is 221 Å². The molecule has 5 aliphatic rings.